The molecule has 0 saturated carbocycles. The van der Waals surface area contributed by atoms with Gasteiger partial charge >= 0.3 is 0 Å². The van der Waals surface area contributed by atoms with E-state index in [4.69, 9.17) is 0 Å². The predicted molar refractivity (Wildman–Crippen MR) is 98.8 cm³/mol. The smallest absolute Gasteiger partial charge is 0.225 e. The molecule has 132 valence electrons. The van der Waals surface area contributed by atoms with Crippen LogP contribution in [0.1, 0.15) is 20.3 Å². The zero-order valence-electron chi connectivity index (χ0n) is 14.7. The van der Waals surface area contributed by atoms with Crippen molar-refractivity contribution in [3.63, 3.8) is 0 Å². The third-order valence-corrected chi connectivity index (χ3v) is 4.09. The number of carbonyl (C=O) groups is 1. The van der Waals surface area contributed by atoms with Crippen LogP contribution in [0.25, 0.3) is 0 Å². The summed E-state index contributed by atoms with van der Waals surface area (Å²) in [7, 11) is 0. The summed E-state index contributed by atoms with van der Waals surface area (Å²) >= 11 is 0. The molecule has 0 spiro atoms. The maximum atomic E-state index is 11.8. The zero-order valence-corrected chi connectivity index (χ0v) is 14.7. The van der Waals surface area contributed by atoms with Crippen LogP contribution in [-0.2, 0) is 4.79 Å². The molecular weight excluding hydrogens is 316 g/mol. The van der Waals surface area contributed by atoms with Crippen molar-refractivity contribution in [3.8, 4) is 0 Å². The number of anilines is 3. The monoisotopic (exact) mass is 340 g/mol. The summed E-state index contributed by atoms with van der Waals surface area (Å²) in [6.45, 7) is 7.55. The fourth-order valence-corrected chi connectivity index (χ4v) is 2.83. The number of nitrogens with zero attached hydrogens (tertiary/aromatic N) is 5. The third kappa shape index (κ3) is 4.65. The molecule has 0 aromatic carbocycles. The molecule has 1 aliphatic heterocycles. The molecule has 2 aromatic heterocycles. The number of pyridine rings is 1. The van der Waals surface area contributed by atoms with E-state index in [-0.39, 0.29) is 5.91 Å². The third-order valence-electron chi connectivity index (χ3n) is 4.09. The standard InChI is InChI=1S/C18H24N6O/c1-14(2)13-18(25)20-15-6-7-17(22-21-15)24-11-9-23(10-12-24)16-5-3-4-8-19-16/h3-8,14H,9-13H2,1-2H3,(H,20,21,25). The first-order valence-electron chi connectivity index (χ1n) is 8.66. The summed E-state index contributed by atoms with van der Waals surface area (Å²) in [5.74, 6) is 2.64. The van der Waals surface area contributed by atoms with Gasteiger partial charge in [0.15, 0.2) is 11.6 Å². The van der Waals surface area contributed by atoms with Gasteiger partial charge in [-0.15, -0.1) is 10.2 Å². The van der Waals surface area contributed by atoms with Gasteiger partial charge < -0.3 is 15.1 Å². The SMILES string of the molecule is CC(C)CC(=O)Nc1ccc(N2CCN(c3ccccn3)CC2)nn1. The molecule has 0 radical (unpaired) electrons. The number of hydrogen-bond acceptors (Lipinski definition) is 6. The summed E-state index contributed by atoms with van der Waals surface area (Å²) < 4.78 is 0. The molecule has 1 saturated heterocycles. The van der Waals surface area contributed by atoms with E-state index >= 15 is 0 Å². The van der Waals surface area contributed by atoms with Crippen LogP contribution in [-0.4, -0.2) is 47.3 Å². The Hall–Kier alpha value is -2.70. The molecule has 1 fully saturated rings. The van der Waals surface area contributed by atoms with E-state index in [9.17, 15) is 4.79 Å². The second-order valence-electron chi connectivity index (χ2n) is 6.58. The van der Waals surface area contributed by atoms with Crippen molar-refractivity contribution in [2.75, 3.05) is 41.3 Å². The molecule has 25 heavy (non-hydrogen) atoms. The summed E-state index contributed by atoms with van der Waals surface area (Å²) in [6.07, 6.45) is 2.30. The molecule has 0 unspecified atom stereocenters. The lowest BCUT2D eigenvalue weighted by atomic mass is 10.1. The van der Waals surface area contributed by atoms with Crippen LogP contribution >= 0.6 is 0 Å². The highest BCUT2D eigenvalue weighted by Gasteiger charge is 2.19. The second-order valence-corrected chi connectivity index (χ2v) is 6.58. The van der Waals surface area contributed by atoms with Crippen LogP contribution in [0.4, 0.5) is 17.5 Å². The summed E-state index contributed by atoms with van der Waals surface area (Å²) in [5, 5.41) is 11.2. The van der Waals surface area contributed by atoms with E-state index in [1.165, 1.54) is 0 Å². The minimum atomic E-state index is -0.0268. The Morgan fingerprint density at radius 2 is 1.76 bits per heavy atom. The van der Waals surface area contributed by atoms with E-state index in [0.29, 0.717) is 18.2 Å². The Labute approximate surface area is 148 Å². The Morgan fingerprint density at radius 3 is 2.32 bits per heavy atom. The van der Waals surface area contributed by atoms with Gasteiger partial charge in [-0.1, -0.05) is 19.9 Å². The molecule has 0 atom stereocenters. The largest absolute Gasteiger partial charge is 0.353 e. The molecule has 1 N–H and O–H groups in total. The van der Waals surface area contributed by atoms with Crippen molar-refractivity contribution in [1.82, 2.24) is 15.2 Å². The first-order valence-corrected chi connectivity index (χ1v) is 8.66. The number of piperazine rings is 1. The van der Waals surface area contributed by atoms with E-state index in [1.54, 1.807) is 0 Å². The van der Waals surface area contributed by atoms with Gasteiger partial charge in [0.1, 0.15) is 5.82 Å². The maximum absolute atomic E-state index is 11.8. The van der Waals surface area contributed by atoms with Crippen LogP contribution < -0.4 is 15.1 Å². The van der Waals surface area contributed by atoms with Crippen molar-refractivity contribution < 1.29 is 4.79 Å². The van der Waals surface area contributed by atoms with Crippen LogP contribution in [0.5, 0.6) is 0 Å². The fraction of sp³-hybridized carbons (Fsp3) is 0.444. The lowest BCUT2D eigenvalue weighted by Gasteiger charge is -2.35. The van der Waals surface area contributed by atoms with Gasteiger partial charge in [0.2, 0.25) is 5.91 Å². The van der Waals surface area contributed by atoms with Crippen molar-refractivity contribution in [1.29, 1.82) is 0 Å². The first kappa shape index (κ1) is 17.1. The predicted octanol–water partition coefficient (Wildman–Crippen LogP) is 2.18. The average Bonchev–Trinajstić information content (AvgIpc) is 2.62. The molecule has 2 aromatic rings. The van der Waals surface area contributed by atoms with Gasteiger partial charge in [0.05, 0.1) is 0 Å². The van der Waals surface area contributed by atoms with E-state index in [2.05, 4.69) is 30.3 Å². The summed E-state index contributed by atoms with van der Waals surface area (Å²) in [6, 6.07) is 9.69. The van der Waals surface area contributed by atoms with E-state index in [1.807, 2.05) is 50.4 Å². The van der Waals surface area contributed by atoms with Gasteiger partial charge in [-0.3, -0.25) is 4.79 Å². The Bertz CT molecular complexity index is 680. The van der Waals surface area contributed by atoms with E-state index < -0.39 is 0 Å². The second kappa shape index (κ2) is 7.92. The molecule has 1 aliphatic rings. The van der Waals surface area contributed by atoms with Gasteiger partial charge in [0.25, 0.3) is 0 Å². The lowest BCUT2D eigenvalue weighted by Crippen LogP contribution is -2.47. The zero-order chi connectivity index (χ0) is 17.6. The number of rotatable bonds is 5. The Balaban J connectivity index is 1.54. The normalized spacial score (nSPS) is 14.7. The van der Waals surface area contributed by atoms with Crippen LogP contribution in [0, 0.1) is 5.92 Å². The minimum absolute atomic E-state index is 0.0268. The van der Waals surface area contributed by atoms with Crippen molar-refractivity contribution in [3.05, 3.63) is 36.5 Å². The van der Waals surface area contributed by atoms with Crippen LogP contribution in [0.15, 0.2) is 36.5 Å². The number of hydrogen-bond donors (Lipinski definition) is 1. The minimum Gasteiger partial charge on any atom is -0.353 e. The maximum Gasteiger partial charge on any atom is 0.225 e. The molecule has 7 nitrogen and oxygen atoms in total. The highest BCUT2D eigenvalue weighted by atomic mass is 16.1. The van der Waals surface area contributed by atoms with Crippen molar-refractivity contribution in [2.45, 2.75) is 20.3 Å². The van der Waals surface area contributed by atoms with Gasteiger partial charge in [-0.25, -0.2) is 4.98 Å². The van der Waals surface area contributed by atoms with Crippen molar-refractivity contribution in [2.24, 2.45) is 5.92 Å². The molecule has 7 heteroatoms. The van der Waals surface area contributed by atoms with Gasteiger partial charge in [-0.2, -0.15) is 0 Å². The molecule has 0 bridgehead atoms. The van der Waals surface area contributed by atoms with Crippen LogP contribution in [0.2, 0.25) is 0 Å². The molecule has 1 amide bonds. The summed E-state index contributed by atoms with van der Waals surface area (Å²) in [4.78, 5) is 20.6. The number of aromatic nitrogens is 3. The molecule has 3 rings (SSSR count). The molecular formula is C18H24N6O. The first-order chi connectivity index (χ1) is 12.1. The highest BCUT2D eigenvalue weighted by molar-refractivity contribution is 5.89. The fourth-order valence-electron chi connectivity index (χ4n) is 2.83. The lowest BCUT2D eigenvalue weighted by molar-refractivity contribution is -0.116. The van der Waals surface area contributed by atoms with Gasteiger partial charge in [-0.05, 0) is 30.2 Å². The molecule has 0 aliphatic carbocycles. The number of nitrogens with one attached hydrogen (secondary N) is 1. The van der Waals surface area contributed by atoms with Crippen molar-refractivity contribution >= 4 is 23.4 Å². The average molecular weight is 340 g/mol. The van der Waals surface area contributed by atoms with Crippen LogP contribution in [0.3, 0.4) is 0 Å². The topological polar surface area (TPSA) is 74.2 Å². The quantitative estimate of drug-likeness (QED) is 0.899. The number of amides is 1. The highest BCUT2D eigenvalue weighted by Crippen LogP contribution is 2.17. The number of carbonyl (C=O) groups excluding carboxylic acids is 1. The van der Waals surface area contributed by atoms with Gasteiger partial charge in [0, 0.05) is 38.8 Å². The van der Waals surface area contributed by atoms with E-state index in [0.717, 1.165) is 37.8 Å². The molecule has 3 heterocycles. The Morgan fingerprint density at radius 1 is 1.04 bits per heavy atom. The Kier molecular flexibility index (Phi) is 5.42. The summed E-state index contributed by atoms with van der Waals surface area (Å²) in [5.41, 5.74) is 0.